The van der Waals surface area contributed by atoms with Gasteiger partial charge in [-0.3, -0.25) is 36.4 Å². The zero-order valence-corrected chi connectivity index (χ0v) is 37.0. The number of phenols is 2. The minimum Gasteiger partial charge on any atom is -0.559 e. The van der Waals surface area contributed by atoms with E-state index in [-0.39, 0.29) is 190 Å². The van der Waals surface area contributed by atoms with Gasteiger partial charge in [-0.1, -0.05) is 20.8 Å². The van der Waals surface area contributed by atoms with E-state index in [9.17, 15) is 0 Å². The molecule has 0 heterocycles. The van der Waals surface area contributed by atoms with Crippen LogP contribution >= 0.6 is 0 Å². The van der Waals surface area contributed by atoms with Crippen LogP contribution in [0.3, 0.4) is 0 Å². The summed E-state index contributed by atoms with van der Waals surface area (Å²) in [5, 5.41) is 17.0. The first kappa shape index (κ1) is 50.8. The minimum atomic E-state index is 0. The third-order valence-electron chi connectivity index (χ3n) is 1.57. The second-order valence-electron chi connectivity index (χ2n) is 7.24. The van der Waals surface area contributed by atoms with Gasteiger partial charge in [0, 0.05) is 165 Å². The summed E-state index contributed by atoms with van der Waals surface area (Å²) in [6.45, 7) is 16.5. The molecule has 0 bridgehead atoms. The summed E-state index contributed by atoms with van der Waals surface area (Å²) in [6, 6.07) is 20.1. The van der Waals surface area contributed by atoms with Crippen LogP contribution in [-0.2, 0) is 19.2 Å². The molecule has 0 fully saturated rings. The fraction of sp³-hybridized carbons (Fsp3) is 0.348. The molecular weight excluding hydrogens is 1060 g/mol. The monoisotopic (exact) mass is 1090 g/mol. The Balaban J connectivity index is -0.0000000449. The Labute approximate surface area is 330 Å². The zero-order chi connectivity index (χ0) is 19.9. The molecule has 2 N–H and O–H groups in total. The number of para-hydroxylation sites is 2. The van der Waals surface area contributed by atoms with Crippen LogP contribution in [0.4, 0.5) is 0 Å². The molecular formula is C23H31O2Pr4W-5. The van der Waals surface area contributed by atoms with E-state index >= 15 is 0 Å². The van der Waals surface area contributed by atoms with Crippen LogP contribution in [0.25, 0.3) is 0 Å². The fourth-order valence-corrected chi connectivity index (χ4v) is 0.688. The molecule has 0 aliphatic carbocycles. The van der Waals surface area contributed by atoms with Crippen molar-refractivity contribution >= 4 is 0 Å². The van der Waals surface area contributed by atoms with Crippen molar-refractivity contribution in [3.8, 4) is 15.7 Å². The molecule has 0 aliphatic heterocycles. The van der Waals surface area contributed by atoms with Gasteiger partial charge in [0.25, 0.3) is 0 Å². The van der Waals surface area contributed by atoms with E-state index < -0.39 is 0 Å². The van der Waals surface area contributed by atoms with Crippen molar-refractivity contribution in [1.82, 2.24) is 0 Å². The molecule has 4 radical (unpaired) electrons. The van der Waals surface area contributed by atoms with Gasteiger partial charge in [-0.2, -0.15) is 5.41 Å². The van der Waals surface area contributed by atoms with Crippen LogP contribution in [0.15, 0.2) is 36.4 Å². The number of benzene rings is 2. The second kappa shape index (κ2) is 31.0. The summed E-state index contributed by atoms with van der Waals surface area (Å²) in [6.07, 6.45) is 0. The van der Waals surface area contributed by atoms with Crippen LogP contribution in [0.5, 0.6) is 11.5 Å². The average molecular weight is 1090 g/mol. The van der Waals surface area contributed by atoms with Crippen LogP contribution in [0.2, 0.25) is 0 Å². The van der Waals surface area contributed by atoms with Gasteiger partial charge in [-0.05, 0) is 0 Å². The summed E-state index contributed by atoms with van der Waals surface area (Å²) >= 11 is 1.44. The smallest absolute Gasteiger partial charge is 0 e. The van der Waals surface area contributed by atoms with Crippen LogP contribution in [0, 0.1) is 219 Å². The Morgan fingerprint density at radius 1 is 0.733 bits per heavy atom. The average Bonchev–Trinajstić information content (AvgIpc) is 2.48. The molecule has 0 atom stereocenters. The quantitative estimate of drug-likeness (QED) is 0.326. The van der Waals surface area contributed by atoms with Gasteiger partial charge < -0.3 is 48.8 Å². The maximum atomic E-state index is 8.52. The molecule has 0 saturated heterocycles. The maximum absolute atomic E-state index is 8.52. The molecule has 0 aromatic heterocycles. The number of rotatable bonds is 0. The van der Waals surface area contributed by atoms with Gasteiger partial charge in [0.1, 0.15) is 0 Å². The topological polar surface area (TPSA) is 40.5 Å². The molecule has 0 spiro atoms. The first-order valence-corrected chi connectivity index (χ1v) is 9.21. The zero-order valence-electron chi connectivity index (χ0n) is 19.3. The van der Waals surface area contributed by atoms with E-state index in [1.54, 1.807) is 36.4 Å². The first-order valence-electron chi connectivity index (χ1n) is 7.74. The summed E-state index contributed by atoms with van der Waals surface area (Å²) in [5.74, 6) is 0.144. The Hall–Kier alpha value is 3.96. The van der Waals surface area contributed by atoms with Gasteiger partial charge in [0.05, 0.1) is 0 Å². The van der Waals surface area contributed by atoms with Gasteiger partial charge in [-0.15, -0.1) is 11.5 Å². The van der Waals surface area contributed by atoms with Crippen molar-refractivity contribution in [1.29, 1.82) is 0 Å². The largest absolute Gasteiger partial charge is 0.559 e. The number of aromatic hydroxyl groups is 2. The Kier molecular flexibility index (Phi) is 52.4. The minimum absolute atomic E-state index is 0. The molecule has 7 heteroatoms. The summed E-state index contributed by atoms with van der Waals surface area (Å²) < 4.78 is 3.19. The number of phenolic OH excluding ortho intramolecular Hbond substituents is 2. The van der Waals surface area contributed by atoms with Crippen molar-refractivity contribution in [2.75, 3.05) is 0 Å². The van der Waals surface area contributed by atoms with Crippen molar-refractivity contribution in [2.45, 2.75) is 41.5 Å². The van der Waals surface area contributed by atoms with E-state index in [0.29, 0.717) is 5.41 Å². The SMILES string of the molecule is CC(C)(C)[C]#[W+].Oc1[c-]ccc[c-]1.Oc1[c-]ccc[c-]1.[CH2-]C(C)(C)C.[CH3-].[Pr].[Pr].[Pr].[Pr]. The third kappa shape index (κ3) is 58.1. The molecule has 30 heavy (non-hydrogen) atoms. The molecule has 2 aromatic rings. The first-order chi connectivity index (χ1) is 11.3. The molecule has 0 aliphatic rings. The van der Waals surface area contributed by atoms with Crippen molar-refractivity contribution in [2.24, 2.45) is 10.8 Å². The maximum Gasteiger partial charge on any atom is 0 e. The van der Waals surface area contributed by atoms with Gasteiger partial charge >= 0.3 is 49.5 Å². The molecule has 2 aromatic carbocycles. The summed E-state index contributed by atoms with van der Waals surface area (Å²) in [5.41, 5.74) is 0.579. The molecule has 0 saturated carbocycles. The van der Waals surface area contributed by atoms with E-state index in [1.807, 2.05) is 0 Å². The second-order valence-corrected chi connectivity index (χ2v) is 7.97. The predicted octanol–water partition coefficient (Wildman–Crippen LogP) is 5.84. The summed E-state index contributed by atoms with van der Waals surface area (Å²) in [4.78, 5) is 0. The van der Waals surface area contributed by atoms with Crippen LogP contribution < -0.4 is 0 Å². The predicted molar refractivity (Wildman–Crippen MR) is 106 cm³/mol. The Morgan fingerprint density at radius 3 is 0.967 bits per heavy atom. The molecule has 2 rings (SSSR count). The molecule has 0 unspecified atom stereocenters. The number of hydrogen-bond acceptors (Lipinski definition) is 2. The van der Waals surface area contributed by atoms with Crippen molar-refractivity contribution in [3.05, 3.63) is 75.0 Å². The molecule has 2 nitrogen and oxygen atoms in total. The van der Waals surface area contributed by atoms with E-state index in [1.165, 1.54) is 19.2 Å². The normalized spacial score (nSPS) is 8.07. The van der Waals surface area contributed by atoms with Crippen LogP contribution in [-0.4, -0.2) is 10.2 Å². The van der Waals surface area contributed by atoms with Gasteiger partial charge in [-0.25, -0.2) is 0 Å². The summed E-state index contributed by atoms with van der Waals surface area (Å²) in [7, 11) is 0. The van der Waals surface area contributed by atoms with E-state index in [2.05, 4.69) is 76.9 Å². The van der Waals surface area contributed by atoms with Gasteiger partial charge in [0.15, 0.2) is 0 Å². The Bertz CT molecular complexity index is 547. The number of hydrogen-bond donors (Lipinski definition) is 2. The molecule has 158 valence electrons. The third-order valence-corrected chi connectivity index (χ3v) is 3.77. The van der Waals surface area contributed by atoms with Crippen molar-refractivity contribution in [3.63, 3.8) is 0 Å². The van der Waals surface area contributed by atoms with E-state index in [0.717, 1.165) is 0 Å². The fourth-order valence-electron chi connectivity index (χ4n) is 0.688. The van der Waals surface area contributed by atoms with E-state index in [4.69, 9.17) is 10.2 Å². The standard InChI is InChI=1S/2C6H4O.C5H11.C5H9.CH3.4Pr.W/c2*7-6-4-2-1-3-5-6;2*1-5(2,3)4;;;;;;/h2*1-3,7H;1H2,2-4H3;1-3H3;1H3;;;;;/q2*-2;-1;;-1;;;;;+1. The van der Waals surface area contributed by atoms with Crippen molar-refractivity contribution < 1.29 is 195 Å². The Morgan fingerprint density at radius 2 is 0.900 bits per heavy atom. The van der Waals surface area contributed by atoms with Crippen LogP contribution in [0.1, 0.15) is 41.5 Å². The van der Waals surface area contributed by atoms with Gasteiger partial charge in [0.2, 0.25) is 0 Å². The molecule has 0 amide bonds.